The van der Waals surface area contributed by atoms with E-state index >= 15 is 0 Å². The molecule has 2 aromatic rings. The number of hydrogen-bond donors (Lipinski definition) is 0. The van der Waals surface area contributed by atoms with Crippen LogP contribution in [0, 0.1) is 0 Å². The number of hydrogen-bond acceptors (Lipinski definition) is 2. The molecule has 4 radical (unpaired) electrons. The second-order valence-electron chi connectivity index (χ2n) is 3.75. The van der Waals surface area contributed by atoms with Gasteiger partial charge < -0.3 is 9.53 Å². The van der Waals surface area contributed by atoms with Crippen molar-refractivity contribution in [3.63, 3.8) is 0 Å². The Hall–Kier alpha value is 2.33. The van der Waals surface area contributed by atoms with Crippen molar-refractivity contribution < 1.29 is 140 Å². The van der Waals surface area contributed by atoms with Crippen LogP contribution in [0.4, 0.5) is 0 Å². The third-order valence-electron chi connectivity index (χ3n) is 2.61. The van der Waals surface area contributed by atoms with Gasteiger partial charge in [-0.3, -0.25) is 6.29 Å². The van der Waals surface area contributed by atoms with E-state index in [-0.39, 0.29) is 131 Å². The van der Waals surface area contributed by atoms with Crippen LogP contribution >= 0.6 is 0 Å². The molecule has 0 aliphatic carbocycles. The predicted molar refractivity (Wildman–Crippen MR) is 90.5 cm³/mol. The molecule has 0 heterocycles. The molecular formula is C19H25O2Y4-. The van der Waals surface area contributed by atoms with Crippen molar-refractivity contribution in [2.45, 2.75) is 34.1 Å². The molecule has 0 aromatic heterocycles. The van der Waals surface area contributed by atoms with Crippen molar-refractivity contribution >= 4 is 6.29 Å². The number of rotatable bonds is 4. The molecule has 0 unspecified atom stereocenters. The Labute approximate surface area is 254 Å². The number of methoxy groups -OCH3 is 1. The van der Waals surface area contributed by atoms with Gasteiger partial charge in [-0.1, -0.05) is 69.7 Å². The van der Waals surface area contributed by atoms with Crippen LogP contribution in [0.25, 0.3) is 11.1 Å². The van der Waals surface area contributed by atoms with E-state index in [0.717, 1.165) is 22.4 Å². The van der Waals surface area contributed by atoms with Crippen LogP contribution in [0.2, 0.25) is 0 Å². The molecule has 0 N–H and O–H groups in total. The first-order valence-electron chi connectivity index (χ1n) is 7.42. The van der Waals surface area contributed by atoms with Gasteiger partial charge in [-0.2, -0.15) is 0 Å². The SMILES string of the molecule is CC.CC.COc1cccc(-c2cccc(C[C-]=O)c2)c1.[Y].[Y].[Y].[Y]. The van der Waals surface area contributed by atoms with Crippen LogP contribution in [-0.2, 0) is 142 Å². The summed E-state index contributed by atoms with van der Waals surface area (Å²) in [5.74, 6) is 0.829. The topological polar surface area (TPSA) is 26.3 Å². The molecule has 25 heavy (non-hydrogen) atoms. The first-order chi connectivity index (χ1) is 10.3. The maximum atomic E-state index is 10.4. The quantitative estimate of drug-likeness (QED) is 0.437. The Kier molecular flexibility index (Phi) is 40.0. The summed E-state index contributed by atoms with van der Waals surface area (Å²) in [6, 6.07) is 15.7. The van der Waals surface area contributed by atoms with Crippen molar-refractivity contribution in [3.05, 3.63) is 54.1 Å². The third kappa shape index (κ3) is 15.9. The van der Waals surface area contributed by atoms with E-state index in [1.54, 1.807) is 7.11 Å². The zero-order valence-electron chi connectivity index (χ0n) is 16.0. The van der Waals surface area contributed by atoms with Gasteiger partial charge in [0.05, 0.1) is 7.11 Å². The average Bonchev–Trinajstić information content (AvgIpc) is 2.59. The minimum absolute atomic E-state index is 0. The molecule has 0 atom stereocenters. The van der Waals surface area contributed by atoms with E-state index in [2.05, 4.69) is 0 Å². The van der Waals surface area contributed by atoms with E-state index in [1.165, 1.54) is 0 Å². The van der Waals surface area contributed by atoms with E-state index in [1.807, 2.05) is 82.5 Å². The van der Waals surface area contributed by atoms with Crippen LogP contribution in [-0.4, -0.2) is 13.4 Å². The summed E-state index contributed by atoms with van der Waals surface area (Å²) in [5, 5.41) is 0. The molecule has 0 aliphatic rings. The number of benzene rings is 2. The van der Waals surface area contributed by atoms with E-state index < -0.39 is 0 Å². The fraction of sp³-hybridized carbons (Fsp3) is 0.316. The summed E-state index contributed by atoms with van der Waals surface area (Å²) in [5.41, 5.74) is 3.13. The summed E-state index contributed by atoms with van der Waals surface area (Å²) in [7, 11) is 1.65. The monoisotopic (exact) mass is 641 g/mol. The molecule has 2 aromatic carbocycles. The zero-order chi connectivity index (χ0) is 16.1. The van der Waals surface area contributed by atoms with Crippen molar-refractivity contribution in [2.24, 2.45) is 0 Å². The van der Waals surface area contributed by atoms with Gasteiger partial charge in [0.25, 0.3) is 0 Å². The van der Waals surface area contributed by atoms with Crippen LogP contribution < -0.4 is 4.74 Å². The average molecular weight is 641 g/mol. The molecule has 0 amide bonds. The Morgan fingerprint density at radius 1 is 0.800 bits per heavy atom. The largest absolute Gasteiger partial charge is 0.541 e. The van der Waals surface area contributed by atoms with Crippen LogP contribution in [0.5, 0.6) is 5.75 Å². The first kappa shape index (κ1) is 38.0. The van der Waals surface area contributed by atoms with E-state index in [0.29, 0.717) is 6.42 Å². The van der Waals surface area contributed by atoms with Gasteiger partial charge in [0.2, 0.25) is 0 Å². The fourth-order valence-electron chi connectivity index (χ4n) is 1.75. The van der Waals surface area contributed by atoms with Crippen molar-refractivity contribution in [1.82, 2.24) is 0 Å². The predicted octanol–water partition coefficient (Wildman–Crippen LogP) is 5.06. The van der Waals surface area contributed by atoms with Gasteiger partial charge in [0.15, 0.2) is 0 Å². The minimum atomic E-state index is 0. The molecule has 0 spiro atoms. The first-order valence-corrected chi connectivity index (χ1v) is 7.42. The standard InChI is InChI=1S/C15H13O2.2C2H6.4Y/c1-17-15-7-3-6-14(11-15)13-5-2-4-12(10-13)8-9-16;2*1-2;;;;/h2-7,10-11H,8H2,1H3;2*1-2H3;;;;/q-1;;;;;;. The summed E-state index contributed by atoms with van der Waals surface area (Å²) < 4.78 is 5.19. The maximum absolute atomic E-state index is 10.4. The molecular weight excluding hydrogens is 616 g/mol. The Morgan fingerprint density at radius 2 is 1.28 bits per heavy atom. The molecule has 2 nitrogen and oxygen atoms in total. The summed E-state index contributed by atoms with van der Waals surface area (Å²) in [6.45, 7) is 8.00. The maximum Gasteiger partial charge on any atom is 0.119 e. The summed E-state index contributed by atoms with van der Waals surface area (Å²) in [6.07, 6.45) is 2.24. The molecule has 0 bridgehead atoms. The minimum Gasteiger partial charge on any atom is -0.541 e. The van der Waals surface area contributed by atoms with Gasteiger partial charge >= 0.3 is 0 Å². The van der Waals surface area contributed by atoms with Gasteiger partial charge in [-0.05, 0) is 23.3 Å². The number of carbonyl (C=O) groups excluding carboxylic acids is 1. The van der Waals surface area contributed by atoms with Gasteiger partial charge in [-0.15, -0.1) is 6.42 Å². The molecule has 0 saturated heterocycles. The second kappa shape index (κ2) is 26.3. The van der Waals surface area contributed by atoms with E-state index in [9.17, 15) is 4.79 Å². The van der Waals surface area contributed by atoms with Gasteiger partial charge in [0, 0.05) is 131 Å². The second-order valence-corrected chi connectivity index (χ2v) is 3.75. The van der Waals surface area contributed by atoms with Crippen molar-refractivity contribution in [3.8, 4) is 16.9 Å². The van der Waals surface area contributed by atoms with Crippen LogP contribution in [0.1, 0.15) is 33.3 Å². The third-order valence-corrected chi connectivity index (χ3v) is 2.61. The van der Waals surface area contributed by atoms with E-state index in [4.69, 9.17) is 4.74 Å². The van der Waals surface area contributed by atoms with Crippen LogP contribution in [0.15, 0.2) is 48.5 Å². The smallest absolute Gasteiger partial charge is 0.119 e. The Morgan fingerprint density at radius 3 is 1.76 bits per heavy atom. The van der Waals surface area contributed by atoms with Gasteiger partial charge in [0.1, 0.15) is 5.75 Å². The van der Waals surface area contributed by atoms with Crippen molar-refractivity contribution in [1.29, 1.82) is 0 Å². The molecule has 0 saturated carbocycles. The molecule has 126 valence electrons. The summed E-state index contributed by atoms with van der Waals surface area (Å²) in [4.78, 5) is 10.4. The number of ether oxygens (including phenoxy) is 1. The molecule has 6 heteroatoms. The molecule has 2 rings (SSSR count). The van der Waals surface area contributed by atoms with Gasteiger partial charge in [-0.25, -0.2) is 0 Å². The normalized spacial score (nSPS) is 7.24. The molecule has 0 aliphatic heterocycles. The zero-order valence-corrected chi connectivity index (χ0v) is 27.3. The fourth-order valence-corrected chi connectivity index (χ4v) is 1.75. The van der Waals surface area contributed by atoms with Crippen molar-refractivity contribution in [2.75, 3.05) is 7.11 Å². The summed E-state index contributed by atoms with van der Waals surface area (Å²) >= 11 is 0. The Balaban J connectivity index is -0.000000156. The molecule has 0 fully saturated rings. The van der Waals surface area contributed by atoms with Crippen LogP contribution in [0.3, 0.4) is 0 Å². The Bertz CT molecular complexity index is 534.